The molecule has 31 heavy (non-hydrogen) atoms. The Kier molecular flexibility index (Phi) is 6.42. The molecule has 0 radical (unpaired) electrons. The van der Waals surface area contributed by atoms with Crippen LogP contribution in [-0.2, 0) is 16.1 Å². The molecule has 11 heteroatoms. The number of fused-ring (bicyclic) bond motifs is 1. The van der Waals surface area contributed by atoms with Crippen LogP contribution in [0.2, 0.25) is 0 Å². The molecule has 1 aromatic carbocycles. The zero-order valence-corrected chi connectivity index (χ0v) is 16.4. The van der Waals surface area contributed by atoms with Gasteiger partial charge in [-0.1, -0.05) is 0 Å². The van der Waals surface area contributed by atoms with Gasteiger partial charge in [0, 0.05) is 23.2 Å². The van der Waals surface area contributed by atoms with Crippen LogP contribution in [-0.4, -0.2) is 45.3 Å². The number of aromatic amines is 1. The molecule has 4 rings (SSSR count). The quantitative estimate of drug-likeness (QED) is 0.520. The van der Waals surface area contributed by atoms with Crippen LogP contribution in [0.4, 0.5) is 18.9 Å². The number of carboxylic acids is 1. The Morgan fingerprint density at radius 1 is 1.26 bits per heavy atom. The highest BCUT2D eigenvalue weighted by molar-refractivity contribution is 6.03. The van der Waals surface area contributed by atoms with E-state index in [9.17, 15) is 18.0 Å². The van der Waals surface area contributed by atoms with E-state index in [4.69, 9.17) is 14.6 Å². The second-order valence-electron chi connectivity index (χ2n) is 6.81. The van der Waals surface area contributed by atoms with Crippen molar-refractivity contribution in [1.29, 1.82) is 0 Å². The molecule has 3 aromatic rings. The molecular formula is C20H19F3N4O4. The van der Waals surface area contributed by atoms with Crippen LogP contribution in [0.3, 0.4) is 0 Å². The Morgan fingerprint density at radius 3 is 2.58 bits per heavy atom. The summed E-state index contributed by atoms with van der Waals surface area (Å²) in [5.74, 6) is -1.46. The van der Waals surface area contributed by atoms with E-state index in [1.807, 2.05) is 30.5 Å². The molecule has 0 atom stereocenters. The zero-order chi connectivity index (χ0) is 22.6. The number of halogens is 3. The van der Waals surface area contributed by atoms with E-state index >= 15 is 0 Å². The van der Waals surface area contributed by atoms with Crippen molar-refractivity contribution >= 4 is 28.4 Å². The van der Waals surface area contributed by atoms with Crippen LogP contribution in [0, 0.1) is 0 Å². The molecule has 3 N–H and O–H groups in total. The third kappa shape index (κ3) is 5.71. The first-order valence-electron chi connectivity index (χ1n) is 9.24. The third-order valence-electron chi connectivity index (χ3n) is 4.48. The van der Waals surface area contributed by atoms with Crippen molar-refractivity contribution in [3.05, 3.63) is 53.9 Å². The van der Waals surface area contributed by atoms with Crippen LogP contribution in [0.15, 0.2) is 36.7 Å². The molecule has 1 aliphatic carbocycles. The number of benzene rings is 1. The summed E-state index contributed by atoms with van der Waals surface area (Å²) in [6.45, 7) is 0.681. The highest BCUT2D eigenvalue weighted by atomic mass is 19.4. The van der Waals surface area contributed by atoms with Crippen molar-refractivity contribution < 1.29 is 32.6 Å². The summed E-state index contributed by atoms with van der Waals surface area (Å²) in [5, 5.41) is 12.2. The average Bonchev–Trinajstić information content (AvgIpc) is 3.48. The number of rotatable bonds is 5. The Hall–Kier alpha value is -3.63. The van der Waals surface area contributed by atoms with Gasteiger partial charge in [-0.05, 0) is 42.5 Å². The van der Waals surface area contributed by atoms with Gasteiger partial charge in [-0.2, -0.15) is 13.2 Å². The van der Waals surface area contributed by atoms with Gasteiger partial charge in [0.15, 0.2) is 5.69 Å². The Bertz CT molecular complexity index is 1090. The van der Waals surface area contributed by atoms with Crippen molar-refractivity contribution in [1.82, 2.24) is 15.0 Å². The van der Waals surface area contributed by atoms with E-state index in [0.717, 1.165) is 28.0 Å². The van der Waals surface area contributed by atoms with E-state index < -0.39 is 18.1 Å². The van der Waals surface area contributed by atoms with Crippen LogP contribution >= 0.6 is 0 Å². The number of pyridine rings is 1. The number of aliphatic carboxylic acids is 1. The number of aromatic nitrogens is 3. The Labute approximate surface area is 174 Å². The number of imidazole rings is 1. The van der Waals surface area contributed by atoms with Gasteiger partial charge >= 0.3 is 18.1 Å². The summed E-state index contributed by atoms with van der Waals surface area (Å²) >= 11 is 0. The molecule has 0 saturated heterocycles. The molecule has 1 fully saturated rings. The smallest absolute Gasteiger partial charge is 0.475 e. The topological polar surface area (TPSA) is 117 Å². The van der Waals surface area contributed by atoms with Gasteiger partial charge in [0.25, 0.3) is 0 Å². The number of H-pyrrole nitrogens is 1. The number of methoxy groups -OCH3 is 1. The van der Waals surface area contributed by atoms with E-state index in [1.165, 1.54) is 20.0 Å². The second kappa shape index (κ2) is 9.02. The van der Waals surface area contributed by atoms with Gasteiger partial charge in [0.05, 0.1) is 25.5 Å². The summed E-state index contributed by atoms with van der Waals surface area (Å²) in [6.07, 6.45) is 0.902. The molecular weight excluding hydrogens is 417 g/mol. The van der Waals surface area contributed by atoms with Crippen LogP contribution in [0.25, 0.3) is 10.8 Å². The molecule has 0 unspecified atom stereocenters. The van der Waals surface area contributed by atoms with Gasteiger partial charge in [0.1, 0.15) is 5.82 Å². The lowest BCUT2D eigenvalue weighted by atomic mass is 10.1. The van der Waals surface area contributed by atoms with Crippen LogP contribution in [0.5, 0.6) is 0 Å². The van der Waals surface area contributed by atoms with Gasteiger partial charge < -0.3 is 20.1 Å². The number of carbonyl (C=O) groups excluding carboxylic acids is 1. The predicted molar refractivity (Wildman–Crippen MR) is 105 cm³/mol. The van der Waals surface area contributed by atoms with Crippen molar-refractivity contribution in [2.24, 2.45) is 0 Å². The van der Waals surface area contributed by atoms with Gasteiger partial charge in [-0.15, -0.1) is 0 Å². The zero-order valence-electron chi connectivity index (χ0n) is 16.4. The largest absolute Gasteiger partial charge is 0.490 e. The minimum absolute atomic E-state index is 0.337. The standard InChI is InChI=1S/C18H18N4O2.C2HF3O2/c1-24-18(23)16-15-5-4-13(8-12(15)6-7-19-16)20-9-14-10-21-17(22-14)11-2-3-11;3-2(4,5)1(6)7/h4-8,10-11,20H,2-3,9H2,1H3,(H,21,22);(H,6,7). The van der Waals surface area contributed by atoms with Crippen LogP contribution in [0.1, 0.15) is 40.8 Å². The molecule has 1 aliphatic rings. The summed E-state index contributed by atoms with van der Waals surface area (Å²) in [6, 6.07) is 7.71. The number of esters is 1. The lowest BCUT2D eigenvalue weighted by molar-refractivity contribution is -0.192. The highest BCUT2D eigenvalue weighted by Crippen LogP contribution is 2.38. The molecule has 8 nitrogen and oxygen atoms in total. The molecule has 2 heterocycles. The molecule has 0 spiro atoms. The molecule has 0 amide bonds. The van der Waals surface area contributed by atoms with E-state index in [2.05, 4.69) is 20.3 Å². The van der Waals surface area contributed by atoms with Crippen molar-refractivity contribution in [2.45, 2.75) is 31.5 Å². The number of hydrogen-bond acceptors (Lipinski definition) is 6. The summed E-state index contributed by atoms with van der Waals surface area (Å²) < 4.78 is 36.5. The highest BCUT2D eigenvalue weighted by Gasteiger charge is 2.38. The minimum Gasteiger partial charge on any atom is -0.475 e. The number of carbonyl (C=O) groups is 2. The number of hydrogen-bond donors (Lipinski definition) is 3. The monoisotopic (exact) mass is 436 g/mol. The fourth-order valence-electron chi connectivity index (χ4n) is 2.78. The number of carboxylic acid groups (broad SMARTS) is 1. The third-order valence-corrected chi connectivity index (χ3v) is 4.48. The summed E-state index contributed by atoms with van der Waals surface area (Å²) in [7, 11) is 1.36. The van der Waals surface area contributed by atoms with E-state index in [-0.39, 0.29) is 0 Å². The number of anilines is 1. The minimum atomic E-state index is -5.08. The normalized spacial score (nSPS) is 13.3. The maximum atomic E-state index is 11.8. The van der Waals surface area contributed by atoms with Gasteiger partial charge in [-0.3, -0.25) is 0 Å². The molecule has 1 saturated carbocycles. The predicted octanol–water partition coefficient (Wildman–Crippen LogP) is 3.87. The maximum absolute atomic E-state index is 11.8. The lowest BCUT2D eigenvalue weighted by Crippen LogP contribution is -2.21. The first-order chi connectivity index (χ1) is 14.7. The average molecular weight is 436 g/mol. The fourth-order valence-corrected chi connectivity index (χ4v) is 2.78. The van der Waals surface area contributed by atoms with E-state index in [0.29, 0.717) is 18.2 Å². The van der Waals surface area contributed by atoms with Crippen molar-refractivity contribution in [3.63, 3.8) is 0 Å². The lowest BCUT2D eigenvalue weighted by Gasteiger charge is -2.08. The number of ether oxygens (including phenoxy) is 1. The van der Waals surface area contributed by atoms with Gasteiger partial charge in [-0.25, -0.2) is 19.6 Å². The number of nitrogens with zero attached hydrogens (tertiary/aromatic N) is 2. The molecule has 0 aliphatic heterocycles. The number of alkyl halides is 3. The van der Waals surface area contributed by atoms with E-state index in [1.54, 1.807) is 6.20 Å². The van der Waals surface area contributed by atoms with Crippen molar-refractivity contribution in [2.75, 3.05) is 12.4 Å². The molecule has 2 aromatic heterocycles. The first kappa shape index (κ1) is 22.1. The Balaban J connectivity index is 0.000000339. The SMILES string of the molecule is COC(=O)c1nccc2cc(NCc3cnc(C4CC4)[nH]3)ccc12.O=C(O)C(F)(F)F. The maximum Gasteiger partial charge on any atom is 0.490 e. The van der Waals surface area contributed by atoms with Crippen LogP contribution < -0.4 is 5.32 Å². The summed E-state index contributed by atoms with van der Waals surface area (Å²) in [4.78, 5) is 32.6. The summed E-state index contributed by atoms with van der Waals surface area (Å²) in [5.41, 5.74) is 2.39. The molecule has 164 valence electrons. The second-order valence-corrected chi connectivity index (χ2v) is 6.81. The van der Waals surface area contributed by atoms with Gasteiger partial charge in [0.2, 0.25) is 0 Å². The number of nitrogens with one attached hydrogen (secondary N) is 2. The molecule has 0 bridgehead atoms. The van der Waals surface area contributed by atoms with Crippen molar-refractivity contribution in [3.8, 4) is 0 Å². The first-order valence-corrected chi connectivity index (χ1v) is 9.24. The Morgan fingerprint density at radius 2 is 1.97 bits per heavy atom. The fraction of sp³-hybridized carbons (Fsp3) is 0.300.